The molecule has 0 aliphatic carbocycles. The molecule has 0 aliphatic rings. The van der Waals surface area contributed by atoms with Gasteiger partial charge in [0.05, 0.1) is 0 Å². The third-order valence-electron chi connectivity index (χ3n) is 1.75. The van der Waals surface area contributed by atoms with Crippen molar-refractivity contribution in [2.75, 3.05) is 13.2 Å². The molecule has 0 atom stereocenters. The Morgan fingerprint density at radius 1 is 0.880 bits per heavy atom. The molecule has 0 saturated heterocycles. The maximum absolute atomic E-state index is 5.54. The van der Waals surface area contributed by atoms with Crippen LogP contribution in [0.3, 0.4) is 0 Å². The predicted molar refractivity (Wildman–Crippen MR) is 114 cm³/mol. The Kier molecular flexibility index (Phi) is 33.2. The summed E-state index contributed by atoms with van der Waals surface area (Å²) in [5, 5.41) is 0.794. The van der Waals surface area contributed by atoms with Crippen molar-refractivity contribution in [1.29, 1.82) is 0 Å². The molecule has 2 aromatic rings. The van der Waals surface area contributed by atoms with Crippen molar-refractivity contribution in [3.63, 3.8) is 0 Å². The molecule has 0 unspecified atom stereocenters. The largest absolute Gasteiger partial charge is 2.00 e. The Labute approximate surface area is 195 Å². The summed E-state index contributed by atoms with van der Waals surface area (Å²) in [6, 6.07) is 19.7. The average molecular weight is 473 g/mol. The Morgan fingerprint density at radius 2 is 1.24 bits per heavy atom. The Morgan fingerprint density at radius 3 is 1.36 bits per heavy atom. The molecule has 0 N–H and O–H groups in total. The minimum absolute atomic E-state index is 0. The quantitative estimate of drug-likeness (QED) is 0.367. The van der Waals surface area contributed by atoms with E-state index >= 15 is 0 Å². The molecule has 1 nitrogen and oxygen atoms in total. The fraction of sp³-hybridized carbons (Fsp3) is 0.294. The van der Waals surface area contributed by atoms with E-state index in [1.807, 2.05) is 74.5 Å². The summed E-state index contributed by atoms with van der Waals surface area (Å²) in [6.45, 7) is 7.29. The summed E-state index contributed by atoms with van der Waals surface area (Å²) < 4.78 is 4.83. The van der Waals surface area contributed by atoms with E-state index in [1.54, 1.807) is 6.55 Å². The molecule has 2 rings (SSSR count). The van der Waals surface area contributed by atoms with Crippen molar-refractivity contribution >= 4 is 73.9 Å². The fourth-order valence-corrected chi connectivity index (χ4v) is 1.11. The van der Waals surface area contributed by atoms with Gasteiger partial charge in [-0.05, 0) is 32.5 Å². The summed E-state index contributed by atoms with van der Waals surface area (Å²) in [7, 11) is 0. The normalized spacial score (nSPS) is 8.44. The standard InChI is InChI=1S/C6H5Cl.C6H5.C4H10O.CH3Cl3Si.ClH.Mg/c7-6-4-2-1-3-5-6;1-2-4-6-5-3-1;1-3-5-4-2;1-5(2,3)4;;/h1-5H;1-5H;3-4H2,1-2H3;1H3;1H;/q;-1;;;;+2/p-1. The molecular formula is C17H23Cl5MgOSi. The Bertz CT molecular complexity index is 409. The van der Waals surface area contributed by atoms with E-state index < -0.39 is 6.00 Å². The summed E-state index contributed by atoms with van der Waals surface area (Å²) in [6.07, 6.45) is 0. The number of hydrogen-bond acceptors (Lipinski definition) is 1. The maximum Gasteiger partial charge on any atom is 2.00 e. The van der Waals surface area contributed by atoms with Crippen LogP contribution in [0.1, 0.15) is 13.8 Å². The van der Waals surface area contributed by atoms with Gasteiger partial charge in [-0.1, -0.05) is 29.8 Å². The number of ether oxygens (including phenoxy) is 1. The molecule has 0 aliphatic heterocycles. The summed E-state index contributed by atoms with van der Waals surface area (Å²) in [4.78, 5) is 0. The first-order valence-electron chi connectivity index (χ1n) is 7.07. The fourth-order valence-electron chi connectivity index (χ4n) is 0.961. The second-order valence-electron chi connectivity index (χ2n) is 3.94. The van der Waals surface area contributed by atoms with E-state index in [9.17, 15) is 0 Å². The number of benzene rings is 2. The summed E-state index contributed by atoms with van der Waals surface area (Å²) in [5.41, 5.74) is 0. The van der Waals surface area contributed by atoms with Crippen molar-refractivity contribution in [3.05, 3.63) is 71.8 Å². The van der Waals surface area contributed by atoms with Crippen LogP contribution in [0.2, 0.25) is 11.6 Å². The minimum Gasteiger partial charge on any atom is -1.00 e. The van der Waals surface area contributed by atoms with Gasteiger partial charge >= 0.3 is 29.1 Å². The van der Waals surface area contributed by atoms with Crippen LogP contribution in [0, 0.1) is 6.07 Å². The summed E-state index contributed by atoms with van der Waals surface area (Å²) in [5.74, 6) is 0. The molecule has 8 heteroatoms. The van der Waals surface area contributed by atoms with Crippen molar-refractivity contribution in [3.8, 4) is 0 Å². The minimum atomic E-state index is -2.19. The molecule has 0 heterocycles. The first-order valence-corrected chi connectivity index (χ1v) is 13.0. The van der Waals surface area contributed by atoms with Gasteiger partial charge in [0.2, 0.25) is 0 Å². The van der Waals surface area contributed by atoms with E-state index in [0.29, 0.717) is 0 Å². The van der Waals surface area contributed by atoms with Gasteiger partial charge in [0.25, 0.3) is 0 Å². The van der Waals surface area contributed by atoms with Crippen molar-refractivity contribution in [2.45, 2.75) is 20.4 Å². The van der Waals surface area contributed by atoms with Gasteiger partial charge < -0.3 is 17.1 Å². The molecule has 0 fully saturated rings. The van der Waals surface area contributed by atoms with Gasteiger partial charge in [0.1, 0.15) is 0 Å². The average Bonchev–Trinajstić information content (AvgIpc) is 2.50. The van der Waals surface area contributed by atoms with Crippen LogP contribution in [-0.4, -0.2) is 42.3 Å². The smallest absolute Gasteiger partial charge is 1.00 e. The SMILES string of the molecule is CCOCC.C[Si](Cl)(Cl)Cl.Clc1ccccc1.[Cl-].[Mg+2].[c-]1ccccc1. The van der Waals surface area contributed by atoms with Crippen LogP contribution >= 0.6 is 44.8 Å². The molecule has 0 saturated carbocycles. The molecule has 0 spiro atoms. The topological polar surface area (TPSA) is 9.23 Å². The van der Waals surface area contributed by atoms with Crippen molar-refractivity contribution in [1.82, 2.24) is 0 Å². The van der Waals surface area contributed by atoms with Gasteiger partial charge in [-0.3, -0.25) is 0 Å². The van der Waals surface area contributed by atoms with Crippen LogP contribution in [0.25, 0.3) is 0 Å². The van der Waals surface area contributed by atoms with Crippen LogP contribution in [0.4, 0.5) is 0 Å². The van der Waals surface area contributed by atoms with Gasteiger partial charge in [0.15, 0.2) is 0 Å². The van der Waals surface area contributed by atoms with Crippen LogP contribution < -0.4 is 12.4 Å². The van der Waals surface area contributed by atoms with Crippen molar-refractivity contribution in [2.24, 2.45) is 0 Å². The predicted octanol–water partition coefficient (Wildman–Crippen LogP) is 3.76. The second kappa shape index (κ2) is 24.8. The van der Waals surface area contributed by atoms with Crippen LogP contribution in [0.5, 0.6) is 0 Å². The third-order valence-corrected chi connectivity index (χ3v) is 2.00. The zero-order valence-electron chi connectivity index (χ0n) is 14.7. The molecule has 2 aromatic carbocycles. The summed E-state index contributed by atoms with van der Waals surface area (Å²) >= 11 is 21.1. The zero-order valence-corrected chi connectivity index (χ0v) is 20.9. The molecular weight excluding hydrogens is 450 g/mol. The molecule has 0 aromatic heterocycles. The van der Waals surface area contributed by atoms with Gasteiger partial charge in [-0.15, -0.1) is 33.2 Å². The second-order valence-corrected chi connectivity index (χ2v) is 14.5. The molecule has 138 valence electrons. The zero-order chi connectivity index (χ0) is 18.0. The van der Waals surface area contributed by atoms with Gasteiger partial charge in [-0.25, -0.2) is 0 Å². The first-order chi connectivity index (χ1) is 10.8. The van der Waals surface area contributed by atoms with E-state index in [1.165, 1.54) is 0 Å². The maximum atomic E-state index is 5.54. The molecule has 0 amide bonds. The van der Waals surface area contributed by atoms with Gasteiger partial charge in [-0.2, -0.15) is 36.4 Å². The van der Waals surface area contributed by atoms with E-state index in [-0.39, 0.29) is 35.5 Å². The molecule has 25 heavy (non-hydrogen) atoms. The Hall–Kier alpha value is 0.833. The van der Waals surface area contributed by atoms with Gasteiger partial charge in [0, 0.05) is 18.2 Å². The monoisotopic (exact) mass is 470 g/mol. The number of halogens is 5. The third kappa shape index (κ3) is 45.7. The number of hydrogen-bond donors (Lipinski definition) is 0. The van der Waals surface area contributed by atoms with Crippen molar-refractivity contribution < 1.29 is 17.1 Å². The van der Waals surface area contributed by atoms with Crippen LogP contribution in [0.15, 0.2) is 60.7 Å². The van der Waals surface area contributed by atoms with E-state index in [0.717, 1.165) is 18.2 Å². The van der Waals surface area contributed by atoms with Crippen LogP contribution in [-0.2, 0) is 4.74 Å². The first kappa shape index (κ1) is 33.4. The van der Waals surface area contributed by atoms with E-state index in [4.69, 9.17) is 49.6 Å². The molecule has 0 radical (unpaired) electrons. The molecule has 0 bridgehead atoms. The Balaban J connectivity index is -0.000000116. The van der Waals surface area contributed by atoms with E-state index in [2.05, 4.69) is 6.07 Å². The number of rotatable bonds is 2.